The minimum absolute atomic E-state index is 0.545. The average molecular weight is 239 g/mol. The summed E-state index contributed by atoms with van der Waals surface area (Å²) in [4.78, 5) is 2.57. The molecule has 1 aliphatic carbocycles. The van der Waals surface area contributed by atoms with E-state index in [1.54, 1.807) is 0 Å². The second-order valence-corrected chi connectivity index (χ2v) is 6.56. The van der Waals surface area contributed by atoms with Gasteiger partial charge in [0.05, 0.1) is 12.2 Å². The standard InChI is InChI=1S/C15H29NO/c1-11(2)13-9-15(10-13)17-14-5-7-16(8-6-14)12(3)4/h11-15H,5-10H2,1-4H3. The van der Waals surface area contributed by atoms with Crippen LogP contribution in [0.15, 0.2) is 0 Å². The quantitative estimate of drug-likeness (QED) is 0.746. The highest BCUT2D eigenvalue weighted by Crippen LogP contribution is 2.37. The molecule has 2 heteroatoms. The lowest BCUT2D eigenvalue weighted by Gasteiger charge is -2.42. The van der Waals surface area contributed by atoms with Crippen molar-refractivity contribution in [1.29, 1.82) is 0 Å². The van der Waals surface area contributed by atoms with Crippen LogP contribution < -0.4 is 0 Å². The summed E-state index contributed by atoms with van der Waals surface area (Å²) in [5.41, 5.74) is 0. The van der Waals surface area contributed by atoms with E-state index < -0.39 is 0 Å². The van der Waals surface area contributed by atoms with Crippen LogP contribution in [0.2, 0.25) is 0 Å². The van der Waals surface area contributed by atoms with Crippen molar-refractivity contribution in [2.45, 2.75) is 71.6 Å². The van der Waals surface area contributed by atoms with E-state index in [4.69, 9.17) is 4.74 Å². The molecule has 0 bridgehead atoms. The molecule has 2 rings (SSSR count). The molecule has 0 radical (unpaired) electrons. The summed E-state index contributed by atoms with van der Waals surface area (Å²) in [6, 6.07) is 0.699. The zero-order valence-corrected chi connectivity index (χ0v) is 12.0. The lowest BCUT2D eigenvalue weighted by molar-refractivity contribution is -0.102. The Hall–Kier alpha value is -0.0800. The zero-order chi connectivity index (χ0) is 12.4. The van der Waals surface area contributed by atoms with Crippen LogP contribution in [0.5, 0.6) is 0 Å². The molecule has 1 heterocycles. The molecule has 0 unspecified atom stereocenters. The van der Waals surface area contributed by atoms with E-state index in [0.717, 1.165) is 11.8 Å². The topological polar surface area (TPSA) is 12.5 Å². The Kier molecular flexibility index (Phi) is 4.48. The van der Waals surface area contributed by atoms with Crippen molar-refractivity contribution in [3.05, 3.63) is 0 Å². The van der Waals surface area contributed by atoms with Crippen molar-refractivity contribution in [3.63, 3.8) is 0 Å². The maximum absolute atomic E-state index is 6.21. The van der Waals surface area contributed by atoms with Gasteiger partial charge in [0.2, 0.25) is 0 Å². The van der Waals surface area contributed by atoms with Crippen LogP contribution in [-0.2, 0) is 4.74 Å². The van der Waals surface area contributed by atoms with Gasteiger partial charge in [0.15, 0.2) is 0 Å². The molecule has 0 amide bonds. The second kappa shape index (κ2) is 5.71. The fraction of sp³-hybridized carbons (Fsp3) is 1.00. The van der Waals surface area contributed by atoms with Gasteiger partial charge in [-0.3, -0.25) is 0 Å². The number of piperidine rings is 1. The van der Waals surface area contributed by atoms with E-state index in [1.807, 2.05) is 0 Å². The summed E-state index contributed by atoms with van der Waals surface area (Å²) in [5, 5.41) is 0. The smallest absolute Gasteiger partial charge is 0.0603 e. The Labute approximate surface area is 107 Å². The predicted molar refractivity (Wildman–Crippen MR) is 72.2 cm³/mol. The van der Waals surface area contributed by atoms with Crippen molar-refractivity contribution in [1.82, 2.24) is 4.90 Å². The molecule has 2 aliphatic rings. The third-order valence-electron chi connectivity index (χ3n) is 4.67. The van der Waals surface area contributed by atoms with Crippen LogP contribution in [0.4, 0.5) is 0 Å². The van der Waals surface area contributed by atoms with Gasteiger partial charge in [-0.15, -0.1) is 0 Å². The molecule has 1 saturated heterocycles. The van der Waals surface area contributed by atoms with Gasteiger partial charge in [-0.2, -0.15) is 0 Å². The van der Waals surface area contributed by atoms with Gasteiger partial charge in [0.25, 0.3) is 0 Å². The molecule has 2 nitrogen and oxygen atoms in total. The fourth-order valence-electron chi connectivity index (χ4n) is 3.06. The van der Waals surface area contributed by atoms with E-state index in [2.05, 4.69) is 32.6 Å². The fourth-order valence-corrected chi connectivity index (χ4v) is 3.06. The molecule has 0 aromatic rings. The monoisotopic (exact) mass is 239 g/mol. The summed E-state index contributed by atoms with van der Waals surface area (Å²) < 4.78 is 6.21. The van der Waals surface area contributed by atoms with Crippen molar-refractivity contribution in [2.24, 2.45) is 11.8 Å². The van der Waals surface area contributed by atoms with Gasteiger partial charge in [-0.25, -0.2) is 0 Å². The van der Waals surface area contributed by atoms with Gasteiger partial charge < -0.3 is 9.64 Å². The Morgan fingerprint density at radius 1 is 0.941 bits per heavy atom. The summed E-state index contributed by atoms with van der Waals surface area (Å²) in [5.74, 6) is 1.77. The Morgan fingerprint density at radius 2 is 1.53 bits per heavy atom. The van der Waals surface area contributed by atoms with Crippen molar-refractivity contribution in [2.75, 3.05) is 13.1 Å². The lowest BCUT2D eigenvalue weighted by Crippen LogP contribution is -2.44. The van der Waals surface area contributed by atoms with Crippen molar-refractivity contribution in [3.8, 4) is 0 Å². The van der Waals surface area contributed by atoms with Gasteiger partial charge >= 0.3 is 0 Å². The third kappa shape index (κ3) is 3.45. The molecular formula is C15H29NO. The molecule has 100 valence electrons. The minimum atomic E-state index is 0.545. The van der Waals surface area contributed by atoms with Crippen molar-refractivity contribution >= 4 is 0 Å². The maximum Gasteiger partial charge on any atom is 0.0603 e. The van der Waals surface area contributed by atoms with Crippen LogP contribution in [-0.4, -0.2) is 36.2 Å². The molecule has 0 aromatic heterocycles. The van der Waals surface area contributed by atoms with Crippen LogP contribution in [0.1, 0.15) is 53.4 Å². The predicted octanol–water partition coefficient (Wildman–Crippen LogP) is 3.31. The van der Waals surface area contributed by atoms with E-state index in [1.165, 1.54) is 38.8 Å². The number of hydrogen-bond acceptors (Lipinski definition) is 2. The summed E-state index contributed by atoms with van der Waals surface area (Å²) in [7, 11) is 0. The third-order valence-corrected chi connectivity index (χ3v) is 4.67. The molecule has 0 aromatic carbocycles. The van der Waals surface area contributed by atoms with Gasteiger partial charge in [0.1, 0.15) is 0 Å². The number of rotatable bonds is 4. The van der Waals surface area contributed by atoms with Crippen LogP contribution in [0.3, 0.4) is 0 Å². The van der Waals surface area contributed by atoms with Gasteiger partial charge in [-0.05, 0) is 51.4 Å². The van der Waals surface area contributed by atoms with Crippen LogP contribution in [0, 0.1) is 11.8 Å². The van der Waals surface area contributed by atoms with Gasteiger partial charge in [0, 0.05) is 19.1 Å². The molecule has 1 aliphatic heterocycles. The Bertz CT molecular complexity index is 225. The highest BCUT2D eigenvalue weighted by atomic mass is 16.5. The Morgan fingerprint density at radius 3 is 2.00 bits per heavy atom. The van der Waals surface area contributed by atoms with Crippen LogP contribution >= 0.6 is 0 Å². The molecular weight excluding hydrogens is 210 g/mol. The first-order chi connectivity index (χ1) is 8.06. The highest BCUT2D eigenvalue weighted by Gasteiger charge is 2.34. The molecule has 2 fully saturated rings. The number of nitrogens with zero attached hydrogens (tertiary/aromatic N) is 1. The summed E-state index contributed by atoms with van der Waals surface area (Å²) in [6.45, 7) is 11.7. The molecule has 0 spiro atoms. The molecule has 1 saturated carbocycles. The highest BCUT2D eigenvalue weighted by molar-refractivity contribution is 4.84. The largest absolute Gasteiger partial charge is 0.375 e. The molecule has 17 heavy (non-hydrogen) atoms. The second-order valence-electron chi connectivity index (χ2n) is 6.56. The van der Waals surface area contributed by atoms with Crippen molar-refractivity contribution < 1.29 is 4.74 Å². The first kappa shape index (κ1) is 13.4. The van der Waals surface area contributed by atoms with E-state index in [-0.39, 0.29) is 0 Å². The van der Waals surface area contributed by atoms with Crippen LogP contribution in [0.25, 0.3) is 0 Å². The SMILES string of the molecule is CC(C)C1CC(OC2CCN(C(C)C)CC2)C1. The molecule has 0 atom stereocenters. The number of hydrogen-bond donors (Lipinski definition) is 0. The maximum atomic E-state index is 6.21. The Balaban J connectivity index is 1.63. The first-order valence-electron chi connectivity index (χ1n) is 7.45. The average Bonchev–Trinajstić information content (AvgIpc) is 2.23. The normalized spacial score (nSPS) is 32.1. The number of likely N-dealkylation sites (tertiary alicyclic amines) is 1. The zero-order valence-electron chi connectivity index (χ0n) is 12.0. The van der Waals surface area contributed by atoms with E-state index >= 15 is 0 Å². The summed E-state index contributed by atoms with van der Waals surface area (Å²) >= 11 is 0. The first-order valence-corrected chi connectivity index (χ1v) is 7.45. The van der Waals surface area contributed by atoms with E-state index in [9.17, 15) is 0 Å². The molecule has 0 N–H and O–H groups in total. The summed E-state index contributed by atoms with van der Waals surface area (Å²) in [6.07, 6.45) is 6.22. The van der Waals surface area contributed by atoms with Gasteiger partial charge in [-0.1, -0.05) is 13.8 Å². The van der Waals surface area contributed by atoms with E-state index in [0.29, 0.717) is 18.2 Å². The lowest BCUT2D eigenvalue weighted by atomic mass is 9.75. The number of ether oxygens (including phenoxy) is 1. The minimum Gasteiger partial charge on any atom is -0.375 e.